The van der Waals surface area contributed by atoms with Gasteiger partial charge in [-0.2, -0.15) is 0 Å². The first-order valence-corrected chi connectivity index (χ1v) is 3.27. The van der Waals surface area contributed by atoms with E-state index in [-0.39, 0.29) is 0 Å². The molecule has 2 rings (SSSR count). The number of hydroxylamine groups is 1. The highest BCUT2D eigenvalue weighted by molar-refractivity contribution is 5.24. The second-order valence-electron chi connectivity index (χ2n) is 2.16. The van der Waals surface area contributed by atoms with Crippen LogP contribution < -0.4 is 16.1 Å². The van der Waals surface area contributed by atoms with Crippen LogP contribution in [0.25, 0.3) is 0 Å². The molecule has 0 aromatic carbocycles. The van der Waals surface area contributed by atoms with Gasteiger partial charge in [0, 0.05) is 19.2 Å². The molecule has 0 unspecified atom stereocenters. The normalized spacial score (nSPS) is 21.6. The number of hydrogen-bond donors (Lipinski definition) is 3. The Hall–Kier alpha value is -1.32. The lowest BCUT2D eigenvalue weighted by molar-refractivity contribution is 0.146. The molecule has 2 aliphatic heterocycles. The Kier molecular flexibility index (Phi) is 1.16. The summed E-state index contributed by atoms with van der Waals surface area (Å²) in [5, 5.41) is 6.36. The van der Waals surface area contributed by atoms with E-state index >= 15 is 0 Å². The molecule has 0 aromatic heterocycles. The molecule has 0 bridgehead atoms. The minimum Gasteiger partial charge on any atom is -0.388 e. The van der Waals surface area contributed by atoms with Gasteiger partial charge in [0.1, 0.15) is 6.26 Å². The fourth-order valence-electron chi connectivity index (χ4n) is 0.997. The summed E-state index contributed by atoms with van der Waals surface area (Å²) in [5.74, 6) is 0.925. The standard InChI is InChI=1S/C6H9N3O/c1-4-10-9-6-5(1)7-2-3-8-6/h1,4,7-9H,2-3H2. The van der Waals surface area contributed by atoms with Crippen LogP contribution in [-0.2, 0) is 4.84 Å². The van der Waals surface area contributed by atoms with Gasteiger partial charge in [-0.05, 0) is 0 Å². The summed E-state index contributed by atoms with van der Waals surface area (Å²) in [7, 11) is 0. The van der Waals surface area contributed by atoms with Gasteiger partial charge in [0.25, 0.3) is 0 Å². The highest BCUT2D eigenvalue weighted by Gasteiger charge is 2.11. The molecular formula is C6H9N3O. The Morgan fingerprint density at radius 2 is 2.20 bits per heavy atom. The van der Waals surface area contributed by atoms with Crippen molar-refractivity contribution in [2.75, 3.05) is 13.1 Å². The predicted molar refractivity (Wildman–Crippen MR) is 36.4 cm³/mol. The molecule has 2 aliphatic rings. The molecule has 2 heterocycles. The van der Waals surface area contributed by atoms with Gasteiger partial charge in [-0.15, -0.1) is 0 Å². The van der Waals surface area contributed by atoms with E-state index in [0.29, 0.717) is 0 Å². The highest BCUT2D eigenvalue weighted by atomic mass is 16.6. The van der Waals surface area contributed by atoms with Crippen molar-refractivity contribution in [2.24, 2.45) is 0 Å². The van der Waals surface area contributed by atoms with Crippen molar-refractivity contribution in [1.82, 2.24) is 16.1 Å². The fourth-order valence-corrected chi connectivity index (χ4v) is 0.997. The average Bonchev–Trinajstić information content (AvgIpc) is 2.05. The van der Waals surface area contributed by atoms with Crippen LogP contribution in [-0.4, -0.2) is 13.1 Å². The molecule has 0 fully saturated rings. The molecule has 0 aliphatic carbocycles. The average molecular weight is 139 g/mol. The maximum atomic E-state index is 4.85. The largest absolute Gasteiger partial charge is 0.388 e. The van der Waals surface area contributed by atoms with E-state index in [2.05, 4.69) is 16.1 Å². The SMILES string of the molecule is C1=CC2=C(NCCN2)NO1. The molecule has 54 valence electrons. The van der Waals surface area contributed by atoms with Gasteiger partial charge in [0.2, 0.25) is 0 Å². The van der Waals surface area contributed by atoms with Gasteiger partial charge >= 0.3 is 0 Å². The Labute approximate surface area is 58.9 Å². The van der Waals surface area contributed by atoms with Crippen LogP contribution in [0.4, 0.5) is 0 Å². The number of rotatable bonds is 0. The molecular weight excluding hydrogens is 130 g/mol. The lowest BCUT2D eigenvalue weighted by Gasteiger charge is -2.24. The summed E-state index contributed by atoms with van der Waals surface area (Å²) >= 11 is 0. The summed E-state index contributed by atoms with van der Waals surface area (Å²) in [4.78, 5) is 4.85. The Bertz CT molecular complexity index is 197. The molecule has 0 amide bonds. The van der Waals surface area contributed by atoms with E-state index in [1.165, 1.54) is 0 Å². The third-order valence-electron chi connectivity index (χ3n) is 1.48. The second kappa shape index (κ2) is 2.13. The highest BCUT2D eigenvalue weighted by Crippen LogP contribution is 2.04. The topological polar surface area (TPSA) is 45.3 Å². The van der Waals surface area contributed by atoms with E-state index in [9.17, 15) is 0 Å². The minimum atomic E-state index is 0.925. The van der Waals surface area contributed by atoms with Crippen molar-refractivity contribution in [3.63, 3.8) is 0 Å². The van der Waals surface area contributed by atoms with Crippen LogP contribution in [0, 0.1) is 0 Å². The van der Waals surface area contributed by atoms with Crippen LogP contribution in [0.3, 0.4) is 0 Å². The van der Waals surface area contributed by atoms with Crippen molar-refractivity contribution in [1.29, 1.82) is 0 Å². The van der Waals surface area contributed by atoms with Gasteiger partial charge in [0.05, 0.1) is 5.70 Å². The first-order valence-electron chi connectivity index (χ1n) is 3.27. The van der Waals surface area contributed by atoms with E-state index in [0.717, 1.165) is 24.6 Å². The van der Waals surface area contributed by atoms with Crippen molar-refractivity contribution < 1.29 is 4.84 Å². The maximum Gasteiger partial charge on any atom is 0.157 e. The fraction of sp³-hybridized carbons (Fsp3) is 0.333. The maximum absolute atomic E-state index is 4.85. The molecule has 0 radical (unpaired) electrons. The molecule has 4 nitrogen and oxygen atoms in total. The summed E-state index contributed by atoms with van der Waals surface area (Å²) in [6, 6.07) is 0. The van der Waals surface area contributed by atoms with Gasteiger partial charge in [-0.25, -0.2) is 5.48 Å². The molecule has 0 saturated carbocycles. The quantitative estimate of drug-likeness (QED) is 0.419. The molecule has 10 heavy (non-hydrogen) atoms. The van der Waals surface area contributed by atoms with Crippen LogP contribution in [0.2, 0.25) is 0 Å². The zero-order chi connectivity index (χ0) is 6.81. The zero-order valence-electron chi connectivity index (χ0n) is 5.48. The van der Waals surface area contributed by atoms with E-state index < -0.39 is 0 Å². The Morgan fingerprint density at radius 1 is 1.30 bits per heavy atom. The van der Waals surface area contributed by atoms with Crippen molar-refractivity contribution in [3.8, 4) is 0 Å². The molecule has 4 heteroatoms. The Morgan fingerprint density at radius 3 is 3.10 bits per heavy atom. The molecule has 3 N–H and O–H groups in total. The Balaban J connectivity index is 2.23. The minimum absolute atomic E-state index is 0.925. The van der Waals surface area contributed by atoms with Gasteiger partial charge in [-0.1, -0.05) is 0 Å². The number of nitrogens with one attached hydrogen (secondary N) is 3. The molecule has 0 aromatic rings. The lowest BCUT2D eigenvalue weighted by Crippen LogP contribution is -2.41. The summed E-state index contributed by atoms with van der Waals surface area (Å²) in [5.41, 5.74) is 3.81. The zero-order valence-corrected chi connectivity index (χ0v) is 5.48. The molecule has 0 saturated heterocycles. The summed E-state index contributed by atoms with van der Waals surface area (Å²) in [6.07, 6.45) is 3.50. The smallest absolute Gasteiger partial charge is 0.157 e. The first-order chi connectivity index (χ1) is 4.97. The number of hydrogen-bond acceptors (Lipinski definition) is 4. The van der Waals surface area contributed by atoms with Crippen LogP contribution in [0.5, 0.6) is 0 Å². The van der Waals surface area contributed by atoms with E-state index in [4.69, 9.17) is 4.84 Å². The third-order valence-corrected chi connectivity index (χ3v) is 1.48. The lowest BCUT2D eigenvalue weighted by atomic mass is 10.3. The monoisotopic (exact) mass is 139 g/mol. The van der Waals surface area contributed by atoms with E-state index in [1.807, 2.05) is 6.08 Å². The molecule has 0 atom stereocenters. The van der Waals surface area contributed by atoms with E-state index in [1.54, 1.807) is 6.26 Å². The first kappa shape index (κ1) is 5.46. The van der Waals surface area contributed by atoms with Crippen LogP contribution >= 0.6 is 0 Å². The second-order valence-corrected chi connectivity index (χ2v) is 2.16. The van der Waals surface area contributed by atoms with Gasteiger partial charge in [0.15, 0.2) is 5.82 Å². The van der Waals surface area contributed by atoms with Crippen molar-refractivity contribution in [2.45, 2.75) is 0 Å². The molecule has 0 spiro atoms. The van der Waals surface area contributed by atoms with Crippen molar-refractivity contribution >= 4 is 0 Å². The summed E-state index contributed by atoms with van der Waals surface area (Å²) < 4.78 is 0. The van der Waals surface area contributed by atoms with Gasteiger partial charge < -0.3 is 15.5 Å². The van der Waals surface area contributed by atoms with Crippen molar-refractivity contribution in [3.05, 3.63) is 23.9 Å². The predicted octanol–water partition coefficient (Wildman–Crippen LogP) is -0.603. The van der Waals surface area contributed by atoms with Crippen LogP contribution in [0.1, 0.15) is 0 Å². The summed E-state index contributed by atoms with van der Waals surface area (Å²) in [6.45, 7) is 1.90. The van der Waals surface area contributed by atoms with Crippen LogP contribution in [0.15, 0.2) is 23.9 Å². The third kappa shape index (κ3) is 0.775. The van der Waals surface area contributed by atoms with Gasteiger partial charge in [-0.3, -0.25) is 0 Å². The number of allylic oxidation sites excluding steroid dienone is 1.